The molecule has 2 rings (SSSR count). The molecule has 1 aliphatic heterocycles. The van der Waals surface area contributed by atoms with Gasteiger partial charge in [-0.05, 0) is 24.6 Å². The number of carbonyl (C=O) groups excluding carboxylic acids is 1. The van der Waals surface area contributed by atoms with E-state index in [-0.39, 0.29) is 22.8 Å². The molecule has 1 unspecified atom stereocenters. The van der Waals surface area contributed by atoms with Gasteiger partial charge in [-0.2, -0.15) is 13.2 Å². The molecule has 102 valence electrons. The summed E-state index contributed by atoms with van der Waals surface area (Å²) in [5.41, 5.74) is -0.435. The van der Waals surface area contributed by atoms with Crippen LogP contribution in [0.4, 0.5) is 13.2 Å². The Morgan fingerprint density at radius 3 is 2.58 bits per heavy atom. The van der Waals surface area contributed by atoms with Crippen molar-refractivity contribution in [1.29, 1.82) is 0 Å². The summed E-state index contributed by atoms with van der Waals surface area (Å²) < 4.78 is 43.2. The molecule has 1 aromatic carbocycles. The Labute approximate surface area is 108 Å². The summed E-state index contributed by atoms with van der Waals surface area (Å²) in [5.74, 6) is -0.125. The predicted octanol–water partition coefficient (Wildman–Crippen LogP) is 2.58. The number of carbonyl (C=O) groups is 1. The number of ketones is 1. The van der Waals surface area contributed by atoms with Gasteiger partial charge in [-0.25, -0.2) is 0 Å². The van der Waals surface area contributed by atoms with Gasteiger partial charge in [0.05, 0.1) is 11.1 Å². The molecule has 0 aromatic heterocycles. The SMILES string of the molecule is CNC1=C(c2cccc(C(F)(F)F)c2)C(=O)C(C)O1. The Hall–Kier alpha value is -1.98. The van der Waals surface area contributed by atoms with Gasteiger partial charge in [-0.15, -0.1) is 0 Å². The molecule has 1 aliphatic rings. The van der Waals surface area contributed by atoms with Crippen molar-refractivity contribution in [1.82, 2.24) is 5.32 Å². The third kappa shape index (κ3) is 2.43. The van der Waals surface area contributed by atoms with E-state index in [0.29, 0.717) is 0 Å². The van der Waals surface area contributed by atoms with Crippen LogP contribution in [0.3, 0.4) is 0 Å². The summed E-state index contributed by atoms with van der Waals surface area (Å²) in [6.07, 6.45) is -5.13. The summed E-state index contributed by atoms with van der Waals surface area (Å²) in [6.45, 7) is 1.56. The van der Waals surface area contributed by atoms with Gasteiger partial charge in [-0.1, -0.05) is 12.1 Å². The average Bonchev–Trinajstić information content (AvgIpc) is 2.64. The highest BCUT2D eigenvalue weighted by atomic mass is 19.4. The number of hydrogen-bond acceptors (Lipinski definition) is 3. The molecule has 0 radical (unpaired) electrons. The average molecular weight is 271 g/mol. The monoisotopic (exact) mass is 271 g/mol. The number of halogens is 3. The van der Waals surface area contributed by atoms with Gasteiger partial charge in [0.1, 0.15) is 0 Å². The summed E-state index contributed by atoms with van der Waals surface area (Å²) >= 11 is 0. The van der Waals surface area contributed by atoms with Crippen molar-refractivity contribution in [2.75, 3.05) is 7.05 Å². The molecule has 1 heterocycles. The van der Waals surface area contributed by atoms with Crippen LogP contribution in [0.5, 0.6) is 0 Å². The fourth-order valence-electron chi connectivity index (χ4n) is 1.91. The molecule has 0 aliphatic carbocycles. The number of alkyl halides is 3. The maximum Gasteiger partial charge on any atom is 0.416 e. The second kappa shape index (κ2) is 4.60. The van der Waals surface area contributed by atoms with Crippen molar-refractivity contribution < 1.29 is 22.7 Å². The fourth-order valence-corrected chi connectivity index (χ4v) is 1.91. The summed E-state index contributed by atoms with van der Waals surface area (Å²) in [6, 6.07) is 4.65. The van der Waals surface area contributed by atoms with E-state index in [1.54, 1.807) is 14.0 Å². The van der Waals surface area contributed by atoms with Crippen molar-refractivity contribution in [3.63, 3.8) is 0 Å². The van der Waals surface area contributed by atoms with Gasteiger partial charge < -0.3 is 10.1 Å². The van der Waals surface area contributed by atoms with Crippen molar-refractivity contribution in [2.24, 2.45) is 0 Å². The molecule has 0 saturated carbocycles. The minimum atomic E-state index is -4.44. The molecule has 6 heteroatoms. The normalized spacial score (nSPS) is 19.6. The van der Waals surface area contributed by atoms with Crippen molar-refractivity contribution >= 4 is 11.4 Å². The minimum absolute atomic E-state index is 0.154. The number of rotatable bonds is 2. The second-order valence-corrected chi connectivity index (χ2v) is 4.16. The number of ether oxygens (including phenoxy) is 1. The second-order valence-electron chi connectivity index (χ2n) is 4.16. The van der Waals surface area contributed by atoms with E-state index in [4.69, 9.17) is 4.74 Å². The van der Waals surface area contributed by atoms with E-state index in [2.05, 4.69) is 5.32 Å². The lowest BCUT2D eigenvalue weighted by molar-refractivity contribution is -0.137. The van der Waals surface area contributed by atoms with Crippen LogP contribution in [0.15, 0.2) is 30.1 Å². The highest BCUT2D eigenvalue weighted by Gasteiger charge is 2.35. The standard InChI is InChI=1S/C13H12F3NO2/c1-7-11(18)10(12(17-2)19-7)8-4-3-5-9(6-8)13(14,15)16/h3-7,17H,1-2H3. The first kappa shape index (κ1) is 13.5. The molecule has 0 saturated heterocycles. The quantitative estimate of drug-likeness (QED) is 0.898. The minimum Gasteiger partial charge on any atom is -0.467 e. The molecule has 0 fully saturated rings. The first-order valence-corrected chi connectivity index (χ1v) is 5.65. The fraction of sp³-hybridized carbons (Fsp3) is 0.308. The van der Waals surface area contributed by atoms with Crippen molar-refractivity contribution in [2.45, 2.75) is 19.2 Å². The van der Waals surface area contributed by atoms with E-state index in [1.165, 1.54) is 12.1 Å². The number of nitrogens with one attached hydrogen (secondary N) is 1. The molecule has 0 spiro atoms. The highest BCUT2D eigenvalue weighted by molar-refractivity contribution is 6.24. The maximum atomic E-state index is 12.7. The van der Waals surface area contributed by atoms with Crippen LogP contribution in [0.1, 0.15) is 18.1 Å². The van der Waals surface area contributed by atoms with Crippen molar-refractivity contribution in [3.05, 3.63) is 41.3 Å². The molecule has 1 atom stereocenters. The molecule has 3 nitrogen and oxygen atoms in total. The Balaban J connectivity index is 2.50. The van der Waals surface area contributed by atoms with Crippen LogP contribution in [-0.2, 0) is 15.7 Å². The van der Waals surface area contributed by atoms with Gasteiger partial charge in [0.25, 0.3) is 0 Å². The Bertz CT molecular complexity index is 549. The van der Waals surface area contributed by atoms with Gasteiger partial charge in [0, 0.05) is 7.05 Å². The molecule has 0 bridgehead atoms. The summed E-state index contributed by atoms with van der Waals surface area (Å²) in [4.78, 5) is 11.9. The van der Waals surface area contributed by atoms with Crippen LogP contribution in [0, 0.1) is 0 Å². The lowest BCUT2D eigenvalue weighted by Crippen LogP contribution is -2.13. The van der Waals surface area contributed by atoms with Crippen LogP contribution in [0.25, 0.3) is 5.57 Å². The number of hydrogen-bond donors (Lipinski definition) is 1. The zero-order valence-corrected chi connectivity index (χ0v) is 10.3. The summed E-state index contributed by atoms with van der Waals surface area (Å²) in [5, 5.41) is 2.69. The van der Waals surface area contributed by atoms with E-state index >= 15 is 0 Å². The molecule has 19 heavy (non-hydrogen) atoms. The third-order valence-corrected chi connectivity index (χ3v) is 2.84. The van der Waals surface area contributed by atoms with E-state index < -0.39 is 17.8 Å². The van der Waals surface area contributed by atoms with Gasteiger partial charge >= 0.3 is 6.18 Å². The predicted molar refractivity (Wildman–Crippen MR) is 63.0 cm³/mol. The van der Waals surface area contributed by atoms with Crippen LogP contribution < -0.4 is 5.32 Å². The van der Waals surface area contributed by atoms with Crippen LogP contribution in [-0.4, -0.2) is 18.9 Å². The third-order valence-electron chi connectivity index (χ3n) is 2.84. The zero-order valence-electron chi connectivity index (χ0n) is 10.3. The van der Waals surface area contributed by atoms with Gasteiger partial charge in [0.15, 0.2) is 12.0 Å². The topological polar surface area (TPSA) is 38.3 Å². The molecule has 0 amide bonds. The largest absolute Gasteiger partial charge is 0.467 e. The Kier molecular flexibility index (Phi) is 3.26. The van der Waals surface area contributed by atoms with E-state index in [0.717, 1.165) is 12.1 Å². The maximum absolute atomic E-state index is 12.7. The number of Topliss-reactive ketones (excluding diaryl/α,β-unsaturated/α-hetero) is 1. The van der Waals surface area contributed by atoms with Gasteiger partial charge in [0.2, 0.25) is 5.78 Å². The Morgan fingerprint density at radius 2 is 2.00 bits per heavy atom. The van der Waals surface area contributed by atoms with Crippen molar-refractivity contribution in [3.8, 4) is 0 Å². The lowest BCUT2D eigenvalue weighted by Gasteiger charge is -2.09. The van der Waals surface area contributed by atoms with Crippen LogP contribution >= 0.6 is 0 Å². The van der Waals surface area contributed by atoms with Crippen LogP contribution in [0.2, 0.25) is 0 Å². The first-order valence-electron chi connectivity index (χ1n) is 5.65. The molecular weight excluding hydrogens is 259 g/mol. The molecule has 1 aromatic rings. The number of benzene rings is 1. The molecule has 1 N–H and O–H groups in total. The summed E-state index contributed by atoms with van der Waals surface area (Å²) in [7, 11) is 1.55. The lowest BCUT2D eigenvalue weighted by atomic mass is 9.99. The van der Waals surface area contributed by atoms with E-state index in [9.17, 15) is 18.0 Å². The van der Waals surface area contributed by atoms with Gasteiger partial charge in [-0.3, -0.25) is 4.79 Å². The zero-order chi connectivity index (χ0) is 14.2. The molecular formula is C13H12F3NO2. The smallest absolute Gasteiger partial charge is 0.416 e. The Morgan fingerprint density at radius 1 is 1.32 bits per heavy atom. The van der Waals surface area contributed by atoms with E-state index in [1.807, 2.05) is 0 Å². The highest BCUT2D eigenvalue weighted by Crippen LogP contribution is 2.34. The first-order chi connectivity index (χ1) is 8.84.